The Kier molecular flexibility index (Phi) is 3.39. The molecule has 0 spiro atoms. The predicted octanol–water partition coefficient (Wildman–Crippen LogP) is 6.21. The molecule has 0 aliphatic carbocycles. The molecule has 0 aliphatic heterocycles. The molecule has 2 heterocycles. The monoisotopic (exact) mass is 336 g/mol. The van der Waals surface area contributed by atoms with Crippen molar-refractivity contribution in [3.63, 3.8) is 0 Å². The summed E-state index contributed by atoms with van der Waals surface area (Å²) in [6.07, 6.45) is 1.96. The van der Waals surface area contributed by atoms with E-state index >= 15 is 0 Å². The third kappa shape index (κ3) is 2.05. The smallest absolute Gasteiger partial charge is 0.0720 e. The summed E-state index contributed by atoms with van der Waals surface area (Å²) in [7, 11) is 0. The van der Waals surface area contributed by atoms with E-state index in [0.29, 0.717) is 0 Å². The van der Waals surface area contributed by atoms with Crippen LogP contribution in [0.15, 0.2) is 60.7 Å². The van der Waals surface area contributed by atoms with Gasteiger partial charge in [-0.05, 0) is 48.2 Å². The zero-order valence-electron chi connectivity index (χ0n) is 15.1. The van der Waals surface area contributed by atoms with E-state index in [1.54, 1.807) is 0 Å². The van der Waals surface area contributed by atoms with Crippen LogP contribution in [0.2, 0.25) is 0 Å². The predicted molar refractivity (Wildman–Crippen MR) is 111 cm³/mol. The van der Waals surface area contributed by atoms with Gasteiger partial charge in [0.1, 0.15) is 0 Å². The quantitative estimate of drug-likeness (QED) is 0.283. The lowest BCUT2D eigenvalue weighted by molar-refractivity contribution is 1.16. The Bertz CT molecular complexity index is 1200. The van der Waals surface area contributed by atoms with Crippen molar-refractivity contribution in [3.8, 4) is 0 Å². The molecule has 0 unspecified atom stereocenters. The van der Waals surface area contributed by atoms with E-state index < -0.39 is 0 Å². The fourth-order valence-corrected chi connectivity index (χ4v) is 4.29. The number of aryl methyl sites for hydroxylation is 2. The Morgan fingerprint density at radius 1 is 0.538 bits per heavy atom. The van der Waals surface area contributed by atoms with E-state index in [1.807, 2.05) is 0 Å². The van der Waals surface area contributed by atoms with Crippen LogP contribution >= 0.6 is 0 Å². The molecule has 0 atom stereocenters. The maximum Gasteiger partial charge on any atom is 0.0720 e. The van der Waals surface area contributed by atoms with Crippen LogP contribution in [0.4, 0.5) is 0 Å². The van der Waals surface area contributed by atoms with Crippen molar-refractivity contribution >= 4 is 43.6 Å². The van der Waals surface area contributed by atoms with Crippen LogP contribution in [0, 0.1) is 0 Å². The molecular weight excluding hydrogens is 316 g/mol. The van der Waals surface area contributed by atoms with Gasteiger partial charge in [-0.1, -0.05) is 50.2 Å². The Hall–Kier alpha value is -3.00. The molecule has 126 valence electrons. The summed E-state index contributed by atoms with van der Waals surface area (Å²) < 4.78 is 0. The highest BCUT2D eigenvalue weighted by molar-refractivity contribution is 6.15. The summed E-state index contributed by atoms with van der Waals surface area (Å²) >= 11 is 0. The molecule has 0 amide bonds. The van der Waals surface area contributed by atoms with Gasteiger partial charge in [0.15, 0.2) is 0 Å². The first-order valence-corrected chi connectivity index (χ1v) is 9.33. The number of aromatic nitrogens is 2. The first-order valence-electron chi connectivity index (χ1n) is 9.33. The van der Waals surface area contributed by atoms with Gasteiger partial charge in [-0.15, -0.1) is 0 Å². The normalized spacial score (nSPS) is 11.8. The first-order chi connectivity index (χ1) is 12.8. The first kappa shape index (κ1) is 15.3. The van der Waals surface area contributed by atoms with Crippen molar-refractivity contribution in [1.29, 1.82) is 0 Å². The lowest BCUT2D eigenvalue weighted by atomic mass is 9.92. The molecule has 0 saturated carbocycles. The standard InChI is InChI=1S/C24H20N2/c1-3-15-17-9-5-7-11-19(17)25-21-13-14-22-24(23(15)21)16(4-2)18-10-6-8-12-20(18)26-22/h5-14H,3-4H2,1-2H3. The molecule has 0 fully saturated rings. The van der Waals surface area contributed by atoms with Gasteiger partial charge in [-0.2, -0.15) is 0 Å². The minimum absolute atomic E-state index is 0.981. The number of pyridine rings is 2. The van der Waals surface area contributed by atoms with Crippen molar-refractivity contribution in [2.75, 3.05) is 0 Å². The number of hydrogen-bond acceptors (Lipinski definition) is 2. The molecule has 2 nitrogen and oxygen atoms in total. The average Bonchev–Trinajstić information content (AvgIpc) is 2.70. The van der Waals surface area contributed by atoms with Crippen LogP contribution in [0.3, 0.4) is 0 Å². The molecular formula is C24H20N2. The number of rotatable bonds is 2. The fourth-order valence-electron chi connectivity index (χ4n) is 4.29. The summed E-state index contributed by atoms with van der Waals surface area (Å²) in [5.74, 6) is 0. The number of nitrogens with zero attached hydrogens (tertiary/aromatic N) is 2. The van der Waals surface area contributed by atoms with Crippen LogP contribution in [-0.2, 0) is 12.8 Å². The molecule has 0 aliphatic rings. The van der Waals surface area contributed by atoms with Gasteiger partial charge >= 0.3 is 0 Å². The van der Waals surface area contributed by atoms with Gasteiger partial charge in [0.25, 0.3) is 0 Å². The molecule has 0 bridgehead atoms. The summed E-state index contributed by atoms with van der Waals surface area (Å²) in [6, 6.07) is 21.2. The van der Waals surface area contributed by atoms with E-state index in [2.05, 4.69) is 74.5 Å². The maximum atomic E-state index is 4.96. The van der Waals surface area contributed by atoms with Crippen molar-refractivity contribution in [1.82, 2.24) is 9.97 Å². The topological polar surface area (TPSA) is 25.8 Å². The van der Waals surface area contributed by atoms with Gasteiger partial charge in [0.05, 0.1) is 22.1 Å². The molecule has 0 N–H and O–H groups in total. The van der Waals surface area contributed by atoms with Gasteiger partial charge in [0, 0.05) is 21.5 Å². The highest BCUT2D eigenvalue weighted by atomic mass is 14.7. The zero-order valence-corrected chi connectivity index (χ0v) is 15.1. The van der Waals surface area contributed by atoms with Crippen molar-refractivity contribution < 1.29 is 0 Å². The van der Waals surface area contributed by atoms with Crippen molar-refractivity contribution in [3.05, 3.63) is 71.8 Å². The molecule has 0 saturated heterocycles. The number of benzene rings is 3. The third-order valence-corrected chi connectivity index (χ3v) is 5.41. The Labute approximate surface area is 152 Å². The summed E-state index contributed by atoms with van der Waals surface area (Å²) in [4.78, 5) is 9.93. The van der Waals surface area contributed by atoms with Crippen LogP contribution in [0.1, 0.15) is 25.0 Å². The number of hydrogen-bond donors (Lipinski definition) is 0. The second-order valence-corrected chi connectivity index (χ2v) is 6.78. The Balaban J connectivity index is 2.11. The fraction of sp³-hybridized carbons (Fsp3) is 0.167. The number of fused-ring (bicyclic) bond motifs is 5. The van der Waals surface area contributed by atoms with E-state index in [-0.39, 0.29) is 0 Å². The highest BCUT2D eigenvalue weighted by Gasteiger charge is 2.15. The van der Waals surface area contributed by atoms with E-state index in [9.17, 15) is 0 Å². The summed E-state index contributed by atoms with van der Waals surface area (Å²) in [5, 5.41) is 5.06. The summed E-state index contributed by atoms with van der Waals surface area (Å²) in [5.41, 5.74) is 7.04. The van der Waals surface area contributed by atoms with Crippen LogP contribution in [0.25, 0.3) is 43.6 Å². The number of para-hydroxylation sites is 2. The van der Waals surface area contributed by atoms with Gasteiger partial charge in [0.2, 0.25) is 0 Å². The SMILES string of the molecule is CCc1c2ccccc2nc2ccc3nc4ccccc4c(CC)c3c12. The summed E-state index contributed by atoms with van der Waals surface area (Å²) in [6.45, 7) is 4.47. The Morgan fingerprint density at radius 2 is 0.962 bits per heavy atom. The minimum atomic E-state index is 0.981. The maximum absolute atomic E-state index is 4.96. The molecule has 26 heavy (non-hydrogen) atoms. The lowest BCUT2D eigenvalue weighted by Gasteiger charge is -2.15. The Morgan fingerprint density at radius 3 is 1.38 bits per heavy atom. The van der Waals surface area contributed by atoms with E-state index in [4.69, 9.17) is 9.97 Å². The van der Waals surface area contributed by atoms with Crippen LogP contribution in [0.5, 0.6) is 0 Å². The van der Waals surface area contributed by atoms with Crippen molar-refractivity contribution in [2.45, 2.75) is 26.7 Å². The van der Waals surface area contributed by atoms with Gasteiger partial charge in [-0.25, -0.2) is 9.97 Å². The van der Waals surface area contributed by atoms with Gasteiger partial charge < -0.3 is 0 Å². The lowest BCUT2D eigenvalue weighted by Crippen LogP contribution is -1.97. The second-order valence-electron chi connectivity index (χ2n) is 6.78. The van der Waals surface area contributed by atoms with Crippen LogP contribution < -0.4 is 0 Å². The molecule has 2 heteroatoms. The van der Waals surface area contributed by atoms with E-state index in [0.717, 1.165) is 34.9 Å². The molecule has 5 rings (SSSR count). The van der Waals surface area contributed by atoms with Crippen molar-refractivity contribution in [2.24, 2.45) is 0 Å². The largest absolute Gasteiger partial charge is 0.248 e. The average molecular weight is 336 g/mol. The van der Waals surface area contributed by atoms with E-state index in [1.165, 1.54) is 32.7 Å². The highest BCUT2D eigenvalue weighted by Crippen LogP contribution is 2.36. The van der Waals surface area contributed by atoms with Gasteiger partial charge in [-0.3, -0.25) is 0 Å². The zero-order chi connectivity index (χ0) is 17.7. The second kappa shape index (κ2) is 5.77. The minimum Gasteiger partial charge on any atom is -0.248 e. The molecule has 3 aromatic carbocycles. The van der Waals surface area contributed by atoms with Crippen LogP contribution in [-0.4, -0.2) is 9.97 Å². The molecule has 2 aromatic heterocycles. The molecule has 5 aromatic rings. The third-order valence-electron chi connectivity index (χ3n) is 5.41. The molecule has 0 radical (unpaired) electrons.